The van der Waals surface area contributed by atoms with Crippen molar-refractivity contribution >= 4 is 11.3 Å². The lowest BCUT2D eigenvalue weighted by Gasteiger charge is -2.26. The molecule has 1 aromatic carbocycles. The van der Waals surface area contributed by atoms with E-state index >= 15 is 0 Å². The molecule has 2 N–H and O–H groups in total. The second-order valence-corrected chi connectivity index (χ2v) is 6.72. The maximum Gasteiger partial charge on any atom is 0.180 e. The molecule has 0 spiro atoms. The Bertz CT molecular complexity index is 935. The van der Waals surface area contributed by atoms with Crippen molar-refractivity contribution in [2.24, 2.45) is 0 Å². The van der Waals surface area contributed by atoms with Gasteiger partial charge in [-0.3, -0.25) is 4.90 Å². The molecular weight excluding hydrogens is 356 g/mol. The van der Waals surface area contributed by atoms with Crippen LogP contribution in [0.15, 0.2) is 42.7 Å². The van der Waals surface area contributed by atoms with Crippen LogP contribution < -0.4 is 15.2 Å². The molecule has 0 amide bonds. The number of ether oxygens (including phenoxy) is 3. The summed E-state index contributed by atoms with van der Waals surface area (Å²) in [4.78, 5) is 7.12. The molecule has 3 aromatic rings. The lowest BCUT2D eigenvalue weighted by atomic mass is 10.1. The van der Waals surface area contributed by atoms with E-state index in [9.17, 15) is 0 Å². The largest absolute Gasteiger partial charge is 0.492 e. The summed E-state index contributed by atoms with van der Waals surface area (Å²) in [5, 5.41) is 0. The molecular formula is C21H26N4O3. The first-order valence-electron chi connectivity index (χ1n) is 9.68. The first-order valence-corrected chi connectivity index (χ1v) is 9.68. The van der Waals surface area contributed by atoms with Crippen molar-refractivity contribution in [2.75, 3.05) is 51.8 Å². The van der Waals surface area contributed by atoms with Crippen molar-refractivity contribution in [3.63, 3.8) is 0 Å². The van der Waals surface area contributed by atoms with Gasteiger partial charge in [0.2, 0.25) is 0 Å². The number of fused-ring (bicyclic) bond motifs is 1. The van der Waals surface area contributed by atoms with Gasteiger partial charge < -0.3 is 24.3 Å². The minimum Gasteiger partial charge on any atom is -0.492 e. The average Bonchev–Trinajstić information content (AvgIpc) is 3.16. The van der Waals surface area contributed by atoms with Crippen molar-refractivity contribution in [1.82, 2.24) is 14.3 Å². The number of nitrogen functional groups attached to an aromatic ring is 1. The summed E-state index contributed by atoms with van der Waals surface area (Å²) in [7, 11) is 0. The summed E-state index contributed by atoms with van der Waals surface area (Å²) in [5.74, 6) is 1.48. The number of hydrogen-bond acceptors (Lipinski definition) is 6. The predicted molar refractivity (Wildman–Crippen MR) is 109 cm³/mol. The lowest BCUT2D eigenvalue weighted by molar-refractivity contribution is 0.0323. The highest BCUT2D eigenvalue weighted by molar-refractivity contribution is 5.71. The molecule has 0 radical (unpaired) electrons. The molecule has 4 rings (SSSR count). The average molecular weight is 382 g/mol. The molecule has 1 aliphatic heterocycles. The van der Waals surface area contributed by atoms with Crippen LogP contribution in [0.4, 0.5) is 5.69 Å². The number of rotatable bonds is 7. The zero-order chi connectivity index (χ0) is 19.3. The molecule has 28 heavy (non-hydrogen) atoms. The SMILES string of the molecule is CCOc1ccc(-c2cn3cccc(OCCN4CCOCC4)c3n2)cc1N. The van der Waals surface area contributed by atoms with E-state index in [1.807, 2.05) is 54.0 Å². The number of hydrogen-bond donors (Lipinski definition) is 1. The van der Waals surface area contributed by atoms with Crippen LogP contribution in [-0.4, -0.2) is 60.3 Å². The summed E-state index contributed by atoms with van der Waals surface area (Å²) in [6.45, 7) is 7.54. The van der Waals surface area contributed by atoms with Crippen molar-refractivity contribution in [2.45, 2.75) is 6.92 Å². The van der Waals surface area contributed by atoms with Gasteiger partial charge in [-0.25, -0.2) is 4.98 Å². The number of benzene rings is 1. The highest BCUT2D eigenvalue weighted by Crippen LogP contribution is 2.30. The molecule has 1 aliphatic rings. The molecule has 1 fully saturated rings. The zero-order valence-electron chi connectivity index (χ0n) is 16.1. The number of aromatic nitrogens is 2. The van der Waals surface area contributed by atoms with Crippen molar-refractivity contribution in [3.8, 4) is 22.8 Å². The Morgan fingerprint density at radius 3 is 2.79 bits per heavy atom. The molecule has 0 saturated carbocycles. The summed E-state index contributed by atoms with van der Waals surface area (Å²) in [5.41, 5.74) is 9.31. The van der Waals surface area contributed by atoms with E-state index in [1.54, 1.807) is 0 Å². The topological polar surface area (TPSA) is 74.2 Å². The van der Waals surface area contributed by atoms with Crippen LogP contribution in [0, 0.1) is 0 Å². The highest BCUT2D eigenvalue weighted by Gasteiger charge is 2.13. The molecule has 0 bridgehead atoms. The van der Waals surface area contributed by atoms with E-state index in [2.05, 4.69) is 4.90 Å². The van der Waals surface area contributed by atoms with Crippen molar-refractivity contribution in [1.29, 1.82) is 0 Å². The van der Waals surface area contributed by atoms with Crippen LogP contribution in [0.1, 0.15) is 6.92 Å². The minimum atomic E-state index is 0.586. The fourth-order valence-electron chi connectivity index (χ4n) is 3.34. The maximum atomic E-state index is 6.11. The number of imidazole rings is 1. The Morgan fingerprint density at radius 2 is 2.00 bits per heavy atom. The van der Waals surface area contributed by atoms with E-state index < -0.39 is 0 Å². The predicted octanol–water partition coefficient (Wildman–Crippen LogP) is 2.69. The zero-order valence-corrected chi connectivity index (χ0v) is 16.1. The van der Waals surface area contributed by atoms with Gasteiger partial charge in [0.1, 0.15) is 12.4 Å². The molecule has 0 aliphatic carbocycles. The standard InChI is InChI=1S/C21H26N4O3/c1-2-27-19-6-5-16(14-17(19)22)18-15-25-7-3-4-20(21(25)23-18)28-13-10-24-8-11-26-12-9-24/h3-7,14-15H,2,8-13,22H2,1H3. The molecule has 7 heteroatoms. The van der Waals surface area contributed by atoms with E-state index in [4.69, 9.17) is 24.9 Å². The van der Waals surface area contributed by atoms with Gasteiger partial charge in [0.05, 0.1) is 31.2 Å². The van der Waals surface area contributed by atoms with Gasteiger partial charge >= 0.3 is 0 Å². The number of anilines is 1. The molecule has 3 heterocycles. The Balaban J connectivity index is 1.51. The van der Waals surface area contributed by atoms with Crippen LogP contribution in [-0.2, 0) is 4.74 Å². The van der Waals surface area contributed by atoms with Crippen LogP contribution in [0.25, 0.3) is 16.9 Å². The number of nitrogens with two attached hydrogens (primary N) is 1. The fraction of sp³-hybridized carbons (Fsp3) is 0.381. The van der Waals surface area contributed by atoms with Crippen molar-refractivity contribution in [3.05, 3.63) is 42.7 Å². The van der Waals surface area contributed by atoms with E-state index in [0.29, 0.717) is 24.7 Å². The first-order chi connectivity index (χ1) is 13.7. The van der Waals surface area contributed by atoms with Gasteiger partial charge in [0.15, 0.2) is 11.4 Å². The molecule has 1 saturated heterocycles. The maximum absolute atomic E-state index is 6.11. The van der Waals surface area contributed by atoms with Gasteiger partial charge in [-0.2, -0.15) is 0 Å². The molecule has 7 nitrogen and oxygen atoms in total. The van der Waals surface area contributed by atoms with Gasteiger partial charge in [0, 0.05) is 37.6 Å². The summed E-state index contributed by atoms with van der Waals surface area (Å²) in [6, 6.07) is 9.68. The number of morpholine rings is 1. The Hall–Kier alpha value is -2.77. The van der Waals surface area contributed by atoms with Gasteiger partial charge in [-0.1, -0.05) is 0 Å². The van der Waals surface area contributed by atoms with Crippen LogP contribution in [0.2, 0.25) is 0 Å². The lowest BCUT2D eigenvalue weighted by Crippen LogP contribution is -2.38. The monoisotopic (exact) mass is 382 g/mol. The van der Waals surface area contributed by atoms with Crippen molar-refractivity contribution < 1.29 is 14.2 Å². The van der Waals surface area contributed by atoms with Gasteiger partial charge in [-0.05, 0) is 37.3 Å². The highest BCUT2D eigenvalue weighted by atomic mass is 16.5. The smallest absolute Gasteiger partial charge is 0.180 e. The quantitative estimate of drug-likeness (QED) is 0.634. The second kappa shape index (κ2) is 8.50. The summed E-state index contributed by atoms with van der Waals surface area (Å²) < 4.78 is 18.9. The van der Waals surface area contributed by atoms with Crippen LogP contribution in [0.5, 0.6) is 11.5 Å². The molecule has 148 valence electrons. The number of pyridine rings is 1. The normalized spacial score (nSPS) is 15.0. The summed E-state index contributed by atoms with van der Waals surface area (Å²) in [6.07, 6.45) is 3.96. The Labute approximate surface area is 164 Å². The van der Waals surface area contributed by atoms with Gasteiger partial charge in [-0.15, -0.1) is 0 Å². The number of nitrogens with zero attached hydrogens (tertiary/aromatic N) is 3. The third-order valence-corrected chi connectivity index (χ3v) is 4.82. The third kappa shape index (κ3) is 4.05. The molecule has 0 unspecified atom stereocenters. The Kier molecular flexibility index (Phi) is 5.64. The first kappa shape index (κ1) is 18.6. The summed E-state index contributed by atoms with van der Waals surface area (Å²) >= 11 is 0. The second-order valence-electron chi connectivity index (χ2n) is 6.72. The third-order valence-electron chi connectivity index (χ3n) is 4.82. The van der Waals surface area contributed by atoms with Gasteiger partial charge in [0.25, 0.3) is 0 Å². The Morgan fingerprint density at radius 1 is 1.14 bits per heavy atom. The van der Waals surface area contributed by atoms with Crippen LogP contribution >= 0.6 is 0 Å². The van der Waals surface area contributed by atoms with E-state index in [-0.39, 0.29) is 0 Å². The molecule has 2 aromatic heterocycles. The minimum absolute atomic E-state index is 0.586. The molecule has 0 atom stereocenters. The van der Waals surface area contributed by atoms with Crippen LogP contribution in [0.3, 0.4) is 0 Å². The fourth-order valence-corrected chi connectivity index (χ4v) is 3.34. The van der Waals surface area contributed by atoms with E-state index in [0.717, 1.165) is 55.5 Å². The van der Waals surface area contributed by atoms with E-state index in [1.165, 1.54) is 0 Å².